The van der Waals surface area contributed by atoms with Crippen LogP contribution in [0.15, 0.2) is 24.3 Å². The van der Waals surface area contributed by atoms with E-state index < -0.39 is 0 Å². The van der Waals surface area contributed by atoms with E-state index >= 15 is 0 Å². The fraction of sp³-hybridized carbons (Fsp3) is 0.500. The number of para-hydroxylation sites is 1. The van der Waals surface area contributed by atoms with Crippen molar-refractivity contribution in [3.63, 3.8) is 0 Å². The Bertz CT molecular complexity index is 376. The summed E-state index contributed by atoms with van der Waals surface area (Å²) >= 11 is 0. The number of aliphatic hydroxyl groups is 1. The zero-order valence-electron chi connectivity index (χ0n) is 11.1. The van der Waals surface area contributed by atoms with Crippen molar-refractivity contribution < 1.29 is 9.90 Å². The van der Waals surface area contributed by atoms with Gasteiger partial charge in [0, 0.05) is 12.2 Å². The molecule has 1 amide bonds. The molecule has 4 nitrogen and oxygen atoms in total. The monoisotopic (exact) mass is 250 g/mol. The highest BCUT2D eigenvalue weighted by atomic mass is 16.3. The van der Waals surface area contributed by atoms with Gasteiger partial charge in [-0.05, 0) is 25.0 Å². The van der Waals surface area contributed by atoms with E-state index in [1.165, 1.54) is 0 Å². The fourth-order valence-electron chi connectivity index (χ4n) is 1.63. The van der Waals surface area contributed by atoms with Crippen LogP contribution in [0.3, 0.4) is 0 Å². The molecule has 4 heteroatoms. The van der Waals surface area contributed by atoms with Crippen LogP contribution in [0.25, 0.3) is 0 Å². The SMILES string of the molecule is CCCNc1ccccc1C(=O)N[C@@H](CC)CO. The molecule has 0 saturated heterocycles. The van der Waals surface area contributed by atoms with Crippen molar-refractivity contribution in [1.82, 2.24) is 5.32 Å². The van der Waals surface area contributed by atoms with Crippen molar-refractivity contribution in [2.75, 3.05) is 18.5 Å². The maximum absolute atomic E-state index is 12.1. The third-order valence-electron chi connectivity index (χ3n) is 2.79. The predicted octanol–water partition coefficient (Wildman–Crippen LogP) is 2.01. The average molecular weight is 250 g/mol. The fourth-order valence-corrected chi connectivity index (χ4v) is 1.63. The molecule has 0 fully saturated rings. The number of nitrogens with one attached hydrogen (secondary N) is 2. The topological polar surface area (TPSA) is 61.4 Å². The Morgan fingerprint density at radius 3 is 2.67 bits per heavy atom. The highest BCUT2D eigenvalue weighted by Gasteiger charge is 2.14. The summed E-state index contributed by atoms with van der Waals surface area (Å²) in [5.74, 6) is -0.143. The van der Waals surface area contributed by atoms with Gasteiger partial charge >= 0.3 is 0 Å². The van der Waals surface area contributed by atoms with E-state index in [4.69, 9.17) is 5.11 Å². The number of hydrogen-bond donors (Lipinski definition) is 3. The number of benzene rings is 1. The van der Waals surface area contributed by atoms with Gasteiger partial charge in [0.25, 0.3) is 5.91 Å². The molecule has 18 heavy (non-hydrogen) atoms. The Hall–Kier alpha value is -1.55. The molecule has 100 valence electrons. The van der Waals surface area contributed by atoms with Crippen LogP contribution in [0, 0.1) is 0 Å². The van der Waals surface area contributed by atoms with E-state index in [0.29, 0.717) is 12.0 Å². The standard InChI is InChI=1S/C14H22N2O2/c1-3-9-15-13-8-6-5-7-12(13)14(18)16-11(4-2)10-17/h5-8,11,15,17H,3-4,9-10H2,1-2H3,(H,16,18)/t11-/m0/s1. The van der Waals surface area contributed by atoms with Crippen molar-refractivity contribution in [2.45, 2.75) is 32.7 Å². The summed E-state index contributed by atoms with van der Waals surface area (Å²) < 4.78 is 0. The van der Waals surface area contributed by atoms with Crippen LogP contribution in [-0.4, -0.2) is 30.2 Å². The number of amides is 1. The van der Waals surface area contributed by atoms with Crippen LogP contribution in [0.4, 0.5) is 5.69 Å². The lowest BCUT2D eigenvalue weighted by Crippen LogP contribution is -2.37. The molecule has 0 saturated carbocycles. The van der Waals surface area contributed by atoms with Gasteiger partial charge in [0.15, 0.2) is 0 Å². The van der Waals surface area contributed by atoms with Crippen LogP contribution >= 0.6 is 0 Å². The maximum atomic E-state index is 12.1. The number of carbonyl (C=O) groups is 1. The van der Waals surface area contributed by atoms with E-state index in [9.17, 15) is 4.79 Å². The van der Waals surface area contributed by atoms with E-state index in [1.807, 2.05) is 25.1 Å². The van der Waals surface area contributed by atoms with Crippen molar-refractivity contribution >= 4 is 11.6 Å². The average Bonchev–Trinajstić information content (AvgIpc) is 2.42. The Labute approximate surface area is 108 Å². The van der Waals surface area contributed by atoms with E-state index in [1.54, 1.807) is 6.07 Å². The van der Waals surface area contributed by atoms with E-state index in [-0.39, 0.29) is 18.6 Å². The maximum Gasteiger partial charge on any atom is 0.253 e. The Balaban J connectivity index is 2.77. The summed E-state index contributed by atoms with van der Waals surface area (Å²) in [5.41, 5.74) is 1.46. The highest BCUT2D eigenvalue weighted by molar-refractivity contribution is 5.99. The molecule has 0 aliphatic carbocycles. The van der Waals surface area contributed by atoms with Gasteiger partial charge in [-0.3, -0.25) is 4.79 Å². The summed E-state index contributed by atoms with van der Waals surface area (Å²) in [4.78, 5) is 12.1. The molecule has 1 aromatic carbocycles. The number of hydrogen-bond acceptors (Lipinski definition) is 3. The first-order chi connectivity index (χ1) is 8.72. The number of rotatable bonds is 7. The molecule has 0 aliphatic rings. The first kappa shape index (κ1) is 14.5. The molecule has 0 aliphatic heterocycles. The van der Waals surface area contributed by atoms with Crippen molar-refractivity contribution in [3.8, 4) is 0 Å². The molecule has 1 aromatic rings. The van der Waals surface area contributed by atoms with Gasteiger partial charge in [-0.25, -0.2) is 0 Å². The van der Waals surface area contributed by atoms with E-state index in [2.05, 4.69) is 17.6 Å². The minimum atomic E-state index is -0.184. The zero-order valence-corrected chi connectivity index (χ0v) is 11.1. The molecule has 0 bridgehead atoms. The summed E-state index contributed by atoms with van der Waals surface area (Å²) in [6.07, 6.45) is 1.72. The molecule has 0 spiro atoms. The van der Waals surface area contributed by atoms with Gasteiger partial charge in [-0.15, -0.1) is 0 Å². The number of anilines is 1. The second-order valence-electron chi connectivity index (χ2n) is 4.23. The summed E-state index contributed by atoms with van der Waals surface area (Å²) in [7, 11) is 0. The van der Waals surface area contributed by atoms with Gasteiger partial charge in [0.05, 0.1) is 18.2 Å². The largest absolute Gasteiger partial charge is 0.394 e. The second kappa shape index (κ2) is 7.71. The Morgan fingerprint density at radius 2 is 2.06 bits per heavy atom. The molecule has 0 radical (unpaired) electrons. The highest BCUT2D eigenvalue weighted by Crippen LogP contribution is 2.15. The van der Waals surface area contributed by atoms with Crippen LogP contribution < -0.4 is 10.6 Å². The molecule has 1 atom stereocenters. The lowest BCUT2D eigenvalue weighted by atomic mass is 10.1. The van der Waals surface area contributed by atoms with Gasteiger partial charge in [0.1, 0.15) is 0 Å². The third kappa shape index (κ3) is 4.04. The first-order valence-electron chi connectivity index (χ1n) is 6.47. The molecule has 1 rings (SSSR count). The first-order valence-corrected chi connectivity index (χ1v) is 6.47. The quantitative estimate of drug-likeness (QED) is 0.693. The minimum absolute atomic E-state index is 0.0349. The van der Waals surface area contributed by atoms with Crippen molar-refractivity contribution in [2.24, 2.45) is 0 Å². The second-order valence-corrected chi connectivity index (χ2v) is 4.23. The third-order valence-corrected chi connectivity index (χ3v) is 2.79. The Kier molecular flexibility index (Phi) is 6.22. The summed E-state index contributed by atoms with van der Waals surface area (Å²) in [6.45, 7) is 4.81. The normalized spacial score (nSPS) is 11.9. The predicted molar refractivity (Wildman–Crippen MR) is 73.9 cm³/mol. The van der Waals surface area contributed by atoms with Gasteiger partial charge in [0.2, 0.25) is 0 Å². The molecule has 0 unspecified atom stereocenters. The van der Waals surface area contributed by atoms with Crippen LogP contribution in [0.2, 0.25) is 0 Å². The zero-order chi connectivity index (χ0) is 13.4. The van der Waals surface area contributed by atoms with Crippen molar-refractivity contribution in [3.05, 3.63) is 29.8 Å². The van der Waals surface area contributed by atoms with Crippen LogP contribution in [-0.2, 0) is 0 Å². The van der Waals surface area contributed by atoms with Crippen LogP contribution in [0.1, 0.15) is 37.0 Å². The smallest absolute Gasteiger partial charge is 0.253 e. The Morgan fingerprint density at radius 1 is 1.33 bits per heavy atom. The molecule has 0 heterocycles. The van der Waals surface area contributed by atoms with Gasteiger partial charge in [-0.2, -0.15) is 0 Å². The molecular formula is C14H22N2O2. The number of carbonyl (C=O) groups excluding carboxylic acids is 1. The number of aliphatic hydroxyl groups excluding tert-OH is 1. The molecular weight excluding hydrogens is 228 g/mol. The minimum Gasteiger partial charge on any atom is -0.394 e. The summed E-state index contributed by atoms with van der Waals surface area (Å²) in [6, 6.07) is 7.24. The van der Waals surface area contributed by atoms with Crippen molar-refractivity contribution in [1.29, 1.82) is 0 Å². The van der Waals surface area contributed by atoms with Gasteiger partial charge < -0.3 is 15.7 Å². The van der Waals surface area contributed by atoms with E-state index in [0.717, 1.165) is 18.7 Å². The molecule has 0 aromatic heterocycles. The molecule has 3 N–H and O–H groups in total. The van der Waals surface area contributed by atoms with Crippen LogP contribution in [0.5, 0.6) is 0 Å². The van der Waals surface area contributed by atoms with Gasteiger partial charge in [-0.1, -0.05) is 26.0 Å². The lowest BCUT2D eigenvalue weighted by Gasteiger charge is -2.16. The summed E-state index contributed by atoms with van der Waals surface area (Å²) in [5, 5.41) is 15.2. The lowest BCUT2D eigenvalue weighted by molar-refractivity contribution is 0.0915.